The minimum Gasteiger partial charge on any atom is -0.481 e. The molecule has 18 heavy (non-hydrogen) atoms. The summed E-state index contributed by atoms with van der Waals surface area (Å²) in [4.78, 5) is 22.2. The molecule has 4 N–H and O–H groups in total. The van der Waals surface area contributed by atoms with Gasteiger partial charge in [0, 0.05) is 18.0 Å². The second kappa shape index (κ2) is 6.26. The van der Waals surface area contributed by atoms with Gasteiger partial charge in [0.05, 0.1) is 10.7 Å². The van der Waals surface area contributed by atoms with Crippen LogP contribution in [0.2, 0.25) is 5.02 Å². The number of halogens is 1. The average Bonchev–Trinajstić information content (AvgIpc) is 2.30. The fraction of sp³-hybridized carbons (Fsp3) is 0.333. The summed E-state index contributed by atoms with van der Waals surface area (Å²) >= 11 is 5.81. The second-order valence-electron chi connectivity index (χ2n) is 4.04. The minimum absolute atomic E-state index is 0.0178. The molecule has 1 atom stereocenters. The molecule has 0 aliphatic carbocycles. The number of nitrogens with one attached hydrogen (secondary N) is 1. The molecule has 1 amide bonds. The molecule has 0 fully saturated rings. The Kier molecular flexibility index (Phi) is 4.97. The van der Waals surface area contributed by atoms with Gasteiger partial charge in [0.25, 0.3) is 5.91 Å². The van der Waals surface area contributed by atoms with E-state index in [0.717, 1.165) is 0 Å². The Morgan fingerprint density at radius 1 is 1.50 bits per heavy atom. The van der Waals surface area contributed by atoms with Crippen molar-refractivity contribution in [1.29, 1.82) is 0 Å². The van der Waals surface area contributed by atoms with Crippen LogP contribution in [0.25, 0.3) is 0 Å². The third kappa shape index (κ3) is 4.25. The quantitative estimate of drug-likeness (QED) is 0.713. The molecular formula is C12H15ClN2O3. The zero-order valence-corrected chi connectivity index (χ0v) is 10.7. The van der Waals surface area contributed by atoms with Crippen LogP contribution in [-0.2, 0) is 4.79 Å². The number of rotatable bonds is 5. The second-order valence-corrected chi connectivity index (χ2v) is 4.45. The smallest absolute Gasteiger partial charge is 0.303 e. The Morgan fingerprint density at radius 2 is 2.17 bits per heavy atom. The third-order valence-corrected chi connectivity index (χ3v) is 2.76. The molecule has 98 valence electrons. The molecule has 0 saturated heterocycles. The molecule has 1 aromatic rings. The first-order chi connectivity index (χ1) is 8.40. The minimum atomic E-state index is -0.883. The van der Waals surface area contributed by atoms with Crippen molar-refractivity contribution >= 4 is 29.2 Å². The van der Waals surface area contributed by atoms with Gasteiger partial charge in [-0.2, -0.15) is 0 Å². The molecule has 0 aliphatic rings. The maximum Gasteiger partial charge on any atom is 0.303 e. The highest BCUT2D eigenvalue weighted by Gasteiger charge is 2.12. The SMILES string of the molecule is CC(CCC(=O)O)NC(=O)c1ccc(N)c(Cl)c1. The number of hydrogen-bond donors (Lipinski definition) is 3. The zero-order valence-electron chi connectivity index (χ0n) is 9.94. The van der Waals surface area contributed by atoms with Crippen LogP contribution in [0.4, 0.5) is 5.69 Å². The number of carboxylic acid groups (broad SMARTS) is 1. The van der Waals surface area contributed by atoms with Crippen LogP contribution >= 0.6 is 11.6 Å². The summed E-state index contributed by atoms with van der Waals surface area (Å²) in [7, 11) is 0. The number of carbonyl (C=O) groups is 2. The highest BCUT2D eigenvalue weighted by molar-refractivity contribution is 6.33. The molecule has 5 nitrogen and oxygen atoms in total. The third-order valence-electron chi connectivity index (χ3n) is 2.43. The molecule has 1 rings (SSSR count). The summed E-state index contributed by atoms with van der Waals surface area (Å²) in [6, 6.07) is 4.39. The van der Waals surface area contributed by atoms with Gasteiger partial charge in [0.15, 0.2) is 0 Å². The number of hydrogen-bond acceptors (Lipinski definition) is 3. The molecule has 0 heterocycles. The van der Waals surface area contributed by atoms with Crippen molar-refractivity contribution < 1.29 is 14.7 Å². The van der Waals surface area contributed by atoms with Gasteiger partial charge >= 0.3 is 5.97 Å². The number of nitrogens with two attached hydrogens (primary N) is 1. The van der Waals surface area contributed by atoms with Gasteiger partial charge in [0.2, 0.25) is 0 Å². The zero-order chi connectivity index (χ0) is 13.7. The fourth-order valence-corrected chi connectivity index (χ4v) is 1.57. The van der Waals surface area contributed by atoms with E-state index in [4.69, 9.17) is 22.4 Å². The molecule has 0 saturated carbocycles. The highest BCUT2D eigenvalue weighted by atomic mass is 35.5. The Balaban J connectivity index is 2.59. The van der Waals surface area contributed by atoms with E-state index >= 15 is 0 Å². The highest BCUT2D eigenvalue weighted by Crippen LogP contribution is 2.19. The summed E-state index contributed by atoms with van der Waals surface area (Å²) in [5, 5.41) is 11.6. The predicted molar refractivity (Wildman–Crippen MR) is 69.7 cm³/mol. The lowest BCUT2D eigenvalue weighted by Gasteiger charge is -2.13. The van der Waals surface area contributed by atoms with E-state index in [2.05, 4.69) is 5.32 Å². The molecule has 0 radical (unpaired) electrons. The summed E-state index contributed by atoms with van der Waals surface area (Å²) in [5.41, 5.74) is 6.35. The maximum absolute atomic E-state index is 11.8. The summed E-state index contributed by atoms with van der Waals surface area (Å²) < 4.78 is 0. The van der Waals surface area contributed by atoms with Gasteiger partial charge in [0.1, 0.15) is 0 Å². The van der Waals surface area contributed by atoms with Crippen LogP contribution in [0.1, 0.15) is 30.1 Å². The van der Waals surface area contributed by atoms with Crippen molar-refractivity contribution in [2.24, 2.45) is 0 Å². The van der Waals surface area contributed by atoms with Gasteiger partial charge in [-0.1, -0.05) is 11.6 Å². The van der Waals surface area contributed by atoms with Gasteiger partial charge in [-0.15, -0.1) is 0 Å². The number of carbonyl (C=O) groups excluding carboxylic acids is 1. The Bertz CT molecular complexity index is 463. The van der Waals surface area contributed by atoms with Crippen LogP contribution in [0.5, 0.6) is 0 Å². The van der Waals surface area contributed by atoms with Gasteiger partial charge in [-0.3, -0.25) is 9.59 Å². The van der Waals surface area contributed by atoms with Crippen molar-refractivity contribution in [1.82, 2.24) is 5.32 Å². The van der Waals surface area contributed by atoms with Crippen LogP contribution in [0.15, 0.2) is 18.2 Å². The summed E-state index contributed by atoms with van der Waals surface area (Å²) in [6.45, 7) is 1.75. The lowest BCUT2D eigenvalue weighted by Crippen LogP contribution is -2.32. The standard InChI is InChI=1S/C12H15ClN2O3/c1-7(2-5-11(16)17)15-12(18)8-3-4-10(14)9(13)6-8/h3-4,6-7H,2,5,14H2,1H3,(H,15,18)(H,16,17). The maximum atomic E-state index is 11.8. The van der Waals surface area contributed by atoms with Gasteiger partial charge in [-0.25, -0.2) is 0 Å². The number of amides is 1. The van der Waals surface area contributed by atoms with Crippen molar-refractivity contribution in [2.75, 3.05) is 5.73 Å². The van der Waals surface area contributed by atoms with Crippen LogP contribution in [0.3, 0.4) is 0 Å². The predicted octanol–water partition coefficient (Wildman–Crippen LogP) is 1.91. The first kappa shape index (κ1) is 14.3. The van der Waals surface area contributed by atoms with E-state index in [0.29, 0.717) is 22.7 Å². The van der Waals surface area contributed by atoms with E-state index in [1.165, 1.54) is 6.07 Å². The largest absolute Gasteiger partial charge is 0.481 e. The number of aliphatic carboxylic acids is 1. The monoisotopic (exact) mass is 270 g/mol. The number of anilines is 1. The lowest BCUT2D eigenvalue weighted by atomic mass is 10.1. The molecule has 1 aromatic carbocycles. The van der Waals surface area contributed by atoms with Crippen molar-refractivity contribution in [3.63, 3.8) is 0 Å². The Morgan fingerprint density at radius 3 is 2.72 bits per heavy atom. The molecule has 0 aromatic heterocycles. The Labute approximate surface area is 110 Å². The van der Waals surface area contributed by atoms with Crippen molar-refractivity contribution in [3.05, 3.63) is 28.8 Å². The van der Waals surface area contributed by atoms with Crippen molar-refractivity contribution in [3.8, 4) is 0 Å². The lowest BCUT2D eigenvalue weighted by molar-refractivity contribution is -0.137. The van der Waals surface area contributed by atoms with Crippen LogP contribution < -0.4 is 11.1 Å². The van der Waals surface area contributed by atoms with E-state index in [1.807, 2.05) is 0 Å². The van der Waals surface area contributed by atoms with E-state index in [-0.39, 0.29) is 18.4 Å². The number of benzene rings is 1. The number of nitrogen functional groups attached to an aromatic ring is 1. The number of carboxylic acids is 1. The van der Waals surface area contributed by atoms with E-state index in [9.17, 15) is 9.59 Å². The summed E-state index contributed by atoms with van der Waals surface area (Å²) in [6.07, 6.45) is 0.397. The molecule has 1 unspecified atom stereocenters. The average molecular weight is 271 g/mol. The van der Waals surface area contributed by atoms with Gasteiger partial charge in [-0.05, 0) is 31.5 Å². The first-order valence-electron chi connectivity index (χ1n) is 5.48. The molecular weight excluding hydrogens is 256 g/mol. The van der Waals surface area contributed by atoms with Crippen molar-refractivity contribution in [2.45, 2.75) is 25.8 Å². The summed E-state index contributed by atoms with van der Waals surface area (Å²) in [5.74, 6) is -1.18. The van der Waals surface area contributed by atoms with Gasteiger partial charge < -0.3 is 16.2 Å². The van der Waals surface area contributed by atoms with Crippen LogP contribution in [-0.4, -0.2) is 23.0 Å². The molecule has 0 bridgehead atoms. The van der Waals surface area contributed by atoms with E-state index < -0.39 is 5.97 Å². The normalized spacial score (nSPS) is 11.9. The van der Waals surface area contributed by atoms with E-state index in [1.54, 1.807) is 19.1 Å². The topological polar surface area (TPSA) is 92.4 Å². The molecule has 0 aliphatic heterocycles. The van der Waals surface area contributed by atoms with Crippen LogP contribution in [0, 0.1) is 0 Å². The fourth-order valence-electron chi connectivity index (χ4n) is 1.39. The molecule has 6 heteroatoms. The first-order valence-corrected chi connectivity index (χ1v) is 5.85. The molecule has 0 spiro atoms. The Hall–Kier alpha value is -1.75.